The fraction of sp³-hybridized carbons (Fsp3) is 0.905. The Balaban J connectivity index is 2.90. The van der Waals surface area contributed by atoms with Crippen LogP contribution in [0, 0.1) is 0 Å². The van der Waals surface area contributed by atoms with Gasteiger partial charge in [0.05, 0.1) is 5.75 Å². The third kappa shape index (κ3) is 7.73. The maximum absolute atomic E-state index is 12.9. The molecule has 0 bridgehead atoms. The smallest absolute Gasteiger partial charge is 0.272 e. The van der Waals surface area contributed by atoms with Gasteiger partial charge in [0.1, 0.15) is 0 Å². The van der Waals surface area contributed by atoms with Gasteiger partial charge in [-0.05, 0) is 19.3 Å². The average Bonchev–Trinajstić information content (AvgIpc) is 2.69. The van der Waals surface area contributed by atoms with Gasteiger partial charge < -0.3 is 0 Å². The summed E-state index contributed by atoms with van der Waals surface area (Å²) in [6.07, 6.45) is 9.77. The molecule has 182 valence electrons. The maximum Gasteiger partial charge on any atom is 0.330 e. The first-order valence-electron chi connectivity index (χ1n) is 11.7. The largest absolute Gasteiger partial charge is 0.330 e. The molecule has 0 aliphatic carbocycles. The number of amides is 2. The van der Waals surface area contributed by atoms with Crippen LogP contribution in [-0.4, -0.2) is 61.4 Å². The average molecular weight is 481 g/mol. The Morgan fingerprint density at radius 3 is 1.48 bits per heavy atom. The third-order valence-corrected chi connectivity index (χ3v) is 9.39. The highest BCUT2D eigenvalue weighted by atomic mass is 32.2. The van der Waals surface area contributed by atoms with Crippen LogP contribution >= 0.6 is 0 Å². The zero-order chi connectivity index (χ0) is 23.5. The second-order valence-electron chi connectivity index (χ2n) is 8.26. The van der Waals surface area contributed by atoms with Gasteiger partial charge in [0, 0.05) is 13.1 Å². The van der Waals surface area contributed by atoms with E-state index < -0.39 is 37.1 Å². The quantitative estimate of drug-likeness (QED) is 0.247. The number of hydrogen-bond donors (Lipinski definition) is 0. The second-order valence-corrected chi connectivity index (χ2v) is 12.2. The number of nitrogens with zero attached hydrogens (tertiary/aromatic N) is 2. The Kier molecular flexibility index (Phi) is 12.1. The van der Waals surface area contributed by atoms with Crippen LogP contribution in [-0.2, 0) is 29.6 Å². The highest BCUT2D eigenvalue weighted by Gasteiger charge is 2.54. The van der Waals surface area contributed by atoms with Gasteiger partial charge in [0.25, 0.3) is 11.8 Å². The summed E-state index contributed by atoms with van der Waals surface area (Å²) in [5.74, 6) is -2.52. The van der Waals surface area contributed by atoms with Gasteiger partial charge in [-0.1, -0.05) is 78.6 Å². The van der Waals surface area contributed by atoms with Gasteiger partial charge in [0.2, 0.25) is 5.25 Å². The van der Waals surface area contributed by atoms with Crippen molar-refractivity contribution in [2.24, 2.45) is 0 Å². The van der Waals surface area contributed by atoms with Crippen LogP contribution in [0.15, 0.2) is 0 Å². The molecule has 10 heteroatoms. The first kappa shape index (κ1) is 27.9. The minimum absolute atomic E-state index is 0.114. The normalized spacial score (nSPS) is 17.5. The van der Waals surface area contributed by atoms with E-state index in [-0.39, 0.29) is 18.8 Å². The van der Waals surface area contributed by atoms with Crippen LogP contribution < -0.4 is 0 Å². The van der Waals surface area contributed by atoms with E-state index in [1.54, 1.807) is 0 Å². The number of sulfone groups is 1. The van der Waals surface area contributed by atoms with Crippen molar-refractivity contribution < 1.29 is 26.4 Å². The number of hydrogen-bond acceptors (Lipinski definition) is 6. The van der Waals surface area contributed by atoms with Crippen molar-refractivity contribution in [1.82, 2.24) is 8.61 Å². The van der Waals surface area contributed by atoms with Crippen molar-refractivity contribution >= 4 is 31.9 Å². The molecule has 1 heterocycles. The molecule has 0 aromatic carbocycles. The van der Waals surface area contributed by atoms with E-state index in [4.69, 9.17) is 0 Å². The Morgan fingerprint density at radius 2 is 1.06 bits per heavy atom. The first-order chi connectivity index (χ1) is 14.6. The minimum Gasteiger partial charge on any atom is -0.272 e. The summed E-state index contributed by atoms with van der Waals surface area (Å²) < 4.78 is 52.8. The van der Waals surface area contributed by atoms with Crippen molar-refractivity contribution in [2.75, 3.05) is 18.8 Å². The summed E-state index contributed by atoms with van der Waals surface area (Å²) in [5, 5.41) is -1.95. The lowest BCUT2D eigenvalue weighted by Gasteiger charge is -2.37. The molecular weight excluding hydrogens is 440 g/mol. The van der Waals surface area contributed by atoms with Crippen molar-refractivity contribution in [3.05, 3.63) is 0 Å². The Morgan fingerprint density at radius 1 is 0.677 bits per heavy atom. The van der Waals surface area contributed by atoms with Crippen LogP contribution in [0.5, 0.6) is 0 Å². The predicted octanol–water partition coefficient (Wildman–Crippen LogP) is 3.43. The molecule has 1 aliphatic heterocycles. The predicted molar refractivity (Wildman–Crippen MR) is 122 cm³/mol. The minimum atomic E-state index is -4.34. The van der Waals surface area contributed by atoms with E-state index in [1.807, 2.05) is 13.8 Å². The molecule has 0 saturated carbocycles. The first-order valence-corrected chi connectivity index (χ1v) is 14.9. The van der Waals surface area contributed by atoms with Crippen LogP contribution in [0.25, 0.3) is 0 Å². The lowest BCUT2D eigenvalue weighted by Crippen LogP contribution is -2.64. The van der Waals surface area contributed by atoms with Gasteiger partial charge in [-0.2, -0.15) is 8.42 Å². The van der Waals surface area contributed by atoms with Crippen LogP contribution in [0.3, 0.4) is 0 Å². The Hall–Kier alpha value is -1.16. The van der Waals surface area contributed by atoms with Crippen LogP contribution in [0.2, 0.25) is 0 Å². The summed E-state index contributed by atoms with van der Waals surface area (Å²) in [6.45, 7) is 5.61. The van der Waals surface area contributed by atoms with Crippen molar-refractivity contribution in [1.29, 1.82) is 0 Å². The van der Waals surface area contributed by atoms with E-state index in [0.717, 1.165) is 19.3 Å². The summed E-state index contributed by atoms with van der Waals surface area (Å²) in [5.41, 5.74) is 0. The van der Waals surface area contributed by atoms with Gasteiger partial charge in [-0.25, -0.2) is 17.0 Å². The third-order valence-electron chi connectivity index (χ3n) is 5.57. The highest BCUT2D eigenvalue weighted by Crippen LogP contribution is 2.25. The Labute approximate surface area is 188 Å². The fourth-order valence-electron chi connectivity index (χ4n) is 3.63. The summed E-state index contributed by atoms with van der Waals surface area (Å²) >= 11 is 0. The van der Waals surface area contributed by atoms with Crippen molar-refractivity contribution in [3.63, 3.8) is 0 Å². The van der Waals surface area contributed by atoms with Crippen molar-refractivity contribution in [3.8, 4) is 0 Å². The van der Waals surface area contributed by atoms with E-state index in [1.165, 1.54) is 19.3 Å². The molecule has 0 spiro atoms. The molecule has 31 heavy (non-hydrogen) atoms. The molecule has 0 N–H and O–H groups in total. The van der Waals surface area contributed by atoms with Gasteiger partial charge >= 0.3 is 10.2 Å². The monoisotopic (exact) mass is 480 g/mol. The fourth-order valence-corrected chi connectivity index (χ4v) is 7.10. The van der Waals surface area contributed by atoms with Gasteiger partial charge in [0.15, 0.2) is 9.84 Å². The molecule has 1 rings (SSSR count). The van der Waals surface area contributed by atoms with Crippen LogP contribution in [0.1, 0.15) is 97.8 Å². The standard InChI is InChI=1S/C21H40N2O6S2/c1-4-7-10-11-12-13-14-15-18-30(26,27)19-20(24)22(16-8-5-2)31(28,29)23(21(19)25)17-9-6-3/h19H,4-18H2,1-3H3. The molecule has 1 saturated heterocycles. The SMILES string of the molecule is CCCCCCCCCCS(=O)(=O)C1C(=O)N(CCCC)S(=O)(=O)N(CCCC)C1=O. The van der Waals surface area contributed by atoms with E-state index >= 15 is 0 Å². The molecule has 0 unspecified atom stereocenters. The second kappa shape index (κ2) is 13.4. The highest BCUT2D eigenvalue weighted by molar-refractivity contribution is 7.94. The molecule has 0 atom stereocenters. The van der Waals surface area contributed by atoms with E-state index in [2.05, 4.69) is 6.92 Å². The summed E-state index contributed by atoms with van der Waals surface area (Å²) in [6, 6.07) is 0. The summed E-state index contributed by atoms with van der Waals surface area (Å²) in [4.78, 5) is 25.8. The molecule has 1 aliphatic rings. The zero-order valence-electron chi connectivity index (χ0n) is 19.3. The molecule has 0 aromatic rings. The Bertz CT molecular complexity index is 746. The molecule has 0 aromatic heterocycles. The topological polar surface area (TPSA) is 109 Å². The number of carbonyl (C=O) groups excluding carboxylic acids is 2. The summed E-state index contributed by atoms with van der Waals surface area (Å²) in [7, 11) is -8.43. The van der Waals surface area contributed by atoms with E-state index in [0.29, 0.717) is 47.1 Å². The van der Waals surface area contributed by atoms with Crippen LogP contribution in [0.4, 0.5) is 0 Å². The number of carbonyl (C=O) groups is 2. The molecule has 2 amide bonds. The molecule has 1 fully saturated rings. The van der Waals surface area contributed by atoms with Crippen molar-refractivity contribution in [2.45, 2.75) is 103 Å². The zero-order valence-corrected chi connectivity index (χ0v) is 21.0. The lowest BCUT2D eigenvalue weighted by atomic mass is 10.1. The number of unbranched alkanes of at least 4 members (excludes halogenated alkanes) is 9. The molecular formula is C21H40N2O6S2. The van der Waals surface area contributed by atoms with Gasteiger partial charge in [-0.3, -0.25) is 9.59 Å². The van der Waals surface area contributed by atoms with Gasteiger partial charge in [-0.15, -0.1) is 0 Å². The number of rotatable bonds is 16. The maximum atomic E-state index is 12.9. The van der Waals surface area contributed by atoms with E-state index in [9.17, 15) is 26.4 Å². The lowest BCUT2D eigenvalue weighted by molar-refractivity contribution is -0.137. The molecule has 0 radical (unpaired) electrons. The molecule has 8 nitrogen and oxygen atoms in total.